The number of alkyl halides is 3. The third-order valence-corrected chi connectivity index (χ3v) is 3.91. The minimum atomic E-state index is -4.73. The van der Waals surface area contributed by atoms with Gasteiger partial charge in [0.15, 0.2) is 11.4 Å². The number of ether oxygens (including phenoxy) is 1. The highest BCUT2D eigenvalue weighted by molar-refractivity contribution is 5.88. The molecule has 0 radical (unpaired) electrons. The molecule has 4 aromatic rings. The van der Waals surface area contributed by atoms with E-state index in [4.69, 9.17) is 9.63 Å². The van der Waals surface area contributed by atoms with Crippen molar-refractivity contribution in [3.05, 3.63) is 60.7 Å². The number of nitrogens with zero attached hydrogens (tertiary/aromatic N) is 3. The molecule has 0 spiro atoms. The summed E-state index contributed by atoms with van der Waals surface area (Å²) in [4.78, 5) is 4.04. The maximum atomic E-state index is 12.3. The van der Waals surface area contributed by atoms with Gasteiger partial charge in [-0.2, -0.15) is 0 Å². The number of aliphatic hydroxyl groups is 1. The summed E-state index contributed by atoms with van der Waals surface area (Å²) in [6.07, 6.45) is -1.58. The van der Waals surface area contributed by atoms with Crippen molar-refractivity contribution in [2.75, 3.05) is 0 Å². The summed E-state index contributed by atoms with van der Waals surface area (Å²) in [6, 6.07) is 10.9. The third-order valence-electron chi connectivity index (χ3n) is 3.91. The smallest absolute Gasteiger partial charge is 0.406 e. The van der Waals surface area contributed by atoms with E-state index in [-0.39, 0.29) is 12.4 Å². The molecule has 6 nitrogen and oxygen atoms in total. The fourth-order valence-corrected chi connectivity index (χ4v) is 2.70. The zero-order chi connectivity index (χ0) is 19.0. The highest BCUT2D eigenvalue weighted by Crippen LogP contribution is 2.30. The first-order valence-corrected chi connectivity index (χ1v) is 7.83. The van der Waals surface area contributed by atoms with Gasteiger partial charge in [0.25, 0.3) is 0 Å². The first-order valence-electron chi connectivity index (χ1n) is 7.83. The summed E-state index contributed by atoms with van der Waals surface area (Å²) in [5.41, 5.74) is 2.51. The Balaban J connectivity index is 1.69. The van der Waals surface area contributed by atoms with E-state index in [2.05, 4.69) is 14.9 Å². The molecule has 0 amide bonds. The number of halogens is 3. The molecule has 2 heterocycles. The number of aliphatic hydroxyl groups excluding tert-OH is 1. The van der Waals surface area contributed by atoms with E-state index >= 15 is 0 Å². The topological polar surface area (TPSA) is 73.3 Å². The van der Waals surface area contributed by atoms with Crippen LogP contribution in [0.5, 0.6) is 5.75 Å². The summed E-state index contributed by atoms with van der Waals surface area (Å²) >= 11 is 0. The third kappa shape index (κ3) is 3.49. The van der Waals surface area contributed by atoms with Gasteiger partial charge in [0, 0.05) is 6.20 Å². The second kappa shape index (κ2) is 6.44. The predicted molar refractivity (Wildman–Crippen MR) is 89.2 cm³/mol. The lowest BCUT2D eigenvalue weighted by molar-refractivity contribution is -0.274. The summed E-state index contributed by atoms with van der Waals surface area (Å²) in [6.45, 7) is -0.194. The molecule has 138 valence electrons. The van der Waals surface area contributed by atoms with Crippen LogP contribution in [-0.4, -0.2) is 26.2 Å². The van der Waals surface area contributed by atoms with Gasteiger partial charge in [-0.15, -0.1) is 13.2 Å². The fourth-order valence-electron chi connectivity index (χ4n) is 2.70. The van der Waals surface area contributed by atoms with Crippen molar-refractivity contribution in [2.45, 2.75) is 13.0 Å². The number of fused-ring (bicyclic) bond motifs is 1. The first kappa shape index (κ1) is 17.1. The van der Waals surface area contributed by atoms with Crippen molar-refractivity contribution in [2.24, 2.45) is 0 Å². The molecule has 0 unspecified atom stereocenters. The standard InChI is InChI=1S/C18H12F3N3O3/c19-18(20,21)26-14-4-1-11(2-5-14)12-3-6-16-15(7-12)17(23-27-16)24-8-13(9-25)22-10-24/h1-8,10,25H,9H2. The average molecular weight is 375 g/mol. The van der Waals surface area contributed by atoms with Crippen molar-refractivity contribution in [3.63, 3.8) is 0 Å². The SMILES string of the molecule is OCc1cn(-c2noc3ccc(-c4ccc(OC(F)(F)F)cc4)cc23)cn1. The Morgan fingerprint density at radius 3 is 2.48 bits per heavy atom. The molecule has 4 rings (SSSR count). The summed E-state index contributed by atoms with van der Waals surface area (Å²) in [5, 5.41) is 13.9. The Labute approximate surface area is 150 Å². The van der Waals surface area contributed by atoms with Gasteiger partial charge in [-0.25, -0.2) is 4.98 Å². The van der Waals surface area contributed by atoms with Crippen LogP contribution in [-0.2, 0) is 6.61 Å². The average Bonchev–Trinajstić information content (AvgIpc) is 3.26. The molecule has 0 atom stereocenters. The number of hydrogen-bond donors (Lipinski definition) is 1. The predicted octanol–water partition coefficient (Wildman–Crippen LogP) is 4.07. The molecule has 2 aromatic heterocycles. The minimum Gasteiger partial charge on any atom is -0.406 e. The quantitative estimate of drug-likeness (QED) is 0.582. The molecule has 0 saturated carbocycles. The van der Waals surface area contributed by atoms with Crippen LogP contribution in [0.15, 0.2) is 59.5 Å². The van der Waals surface area contributed by atoms with Gasteiger partial charge in [0.2, 0.25) is 0 Å². The summed E-state index contributed by atoms with van der Waals surface area (Å²) in [7, 11) is 0. The van der Waals surface area contributed by atoms with E-state index in [1.165, 1.54) is 30.6 Å². The molecule has 0 aliphatic rings. The van der Waals surface area contributed by atoms with Gasteiger partial charge < -0.3 is 14.4 Å². The number of imidazole rings is 1. The maximum absolute atomic E-state index is 12.3. The van der Waals surface area contributed by atoms with Gasteiger partial charge in [-0.3, -0.25) is 4.57 Å². The van der Waals surface area contributed by atoms with Crippen LogP contribution >= 0.6 is 0 Å². The fraction of sp³-hybridized carbons (Fsp3) is 0.111. The Kier molecular flexibility index (Phi) is 4.08. The van der Waals surface area contributed by atoms with Gasteiger partial charge in [0.05, 0.1) is 17.7 Å². The first-order chi connectivity index (χ1) is 12.9. The molecule has 0 aliphatic heterocycles. The van der Waals surface area contributed by atoms with E-state index in [0.717, 1.165) is 5.56 Å². The lowest BCUT2D eigenvalue weighted by Crippen LogP contribution is -2.16. The number of aromatic nitrogens is 3. The maximum Gasteiger partial charge on any atom is 0.573 e. The van der Waals surface area contributed by atoms with Gasteiger partial charge in [-0.05, 0) is 35.4 Å². The largest absolute Gasteiger partial charge is 0.573 e. The zero-order valence-electron chi connectivity index (χ0n) is 13.6. The second-order valence-electron chi connectivity index (χ2n) is 5.72. The van der Waals surface area contributed by atoms with E-state index in [0.29, 0.717) is 28.0 Å². The molecule has 0 fully saturated rings. The number of hydrogen-bond acceptors (Lipinski definition) is 5. The molecule has 27 heavy (non-hydrogen) atoms. The zero-order valence-corrected chi connectivity index (χ0v) is 13.6. The van der Waals surface area contributed by atoms with Gasteiger partial charge >= 0.3 is 6.36 Å². The van der Waals surface area contributed by atoms with E-state index < -0.39 is 6.36 Å². The Bertz CT molecular complexity index is 1080. The van der Waals surface area contributed by atoms with Crippen LogP contribution in [0, 0.1) is 0 Å². The minimum absolute atomic E-state index is 0.194. The lowest BCUT2D eigenvalue weighted by atomic mass is 10.0. The van der Waals surface area contributed by atoms with Crippen LogP contribution in [0.1, 0.15) is 5.69 Å². The second-order valence-corrected chi connectivity index (χ2v) is 5.72. The van der Waals surface area contributed by atoms with Gasteiger partial charge in [-0.1, -0.05) is 23.4 Å². The van der Waals surface area contributed by atoms with Crippen LogP contribution < -0.4 is 4.74 Å². The van der Waals surface area contributed by atoms with E-state index in [1.807, 2.05) is 6.07 Å². The number of rotatable bonds is 4. The molecule has 9 heteroatoms. The normalized spacial score (nSPS) is 11.9. The van der Waals surface area contributed by atoms with E-state index in [9.17, 15) is 13.2 Å². The van der Waals surface area contributed by atoms with Crippen LogP contribution in [0.4, 0.5) is 13.2 Å². The highest BCUT2D eigenvalue weighted by atomic mass is 19.4. The van der Waals surface area contributed by atoms with Crippen molar-refractivity contribution in [3.8, 4) is 22.7 Å². The Morgan fingerprint density at radius 2 is 1.81 bits per heavy atom. The Morgan fingerprint density at radius 1 is 1.07 bits per heavy atom. The highest BCUT2D eigenvalue weighted by Gasteiger charge is 2.30. The lowest BCUT2D eigenvalue weighted by Gasteiger charge is -2.09. The molecule has 0 saturated heterocycles. The molecule has 0 bridgehead atoms. The van der Waals surface area contributed by atoms with E-state index in [1.54, 1.807) is 22.9 Å². The van der Waals surface area contributed by atoms with Crippen LogP contribution in [0.25, 0.3) is 27.9 Å². The molecular weight excluding hydrogens is 363 g/mol. The van der Waals surface area contributed by atoms with Gasteiger partial charge in [0.1, 0.15) is 12.1 Å². The van der Waals surface area contributed by atoms with Crippen LogP contribution in [0.2, 0.25) is 0 Å². The van der Waals surface area contributed by atoms with Crippen molar-refractivity contribution >= 4 is 11.0 Å². The summed E-state index contributed by atoms with van der Waals surface area (Å²) < 4.78 is 47.6. The molecular formula is C18H12F3N3O3. The molecule has 1 N–H and O–H groups in total. The Hall–Kier alpha value is -3.33. The monoisotopic (exact) mass is 375 g/mol. The summed E-state index contributed by atoms with van der Waals surface area (Å²) in [5.74, 6) is 0.212. The van der Waals surface area contributed by atoms with Crippen molar-refractivity contribution < 1.29 is 27.5 Å². The number of benzene rings is 2. The molecule has 0 aliphatic carbocycles. The van der Waals surface area contributed by atoms with Crippen molar-refractivity contribution in [1.29, 1.82) is 0 Å². The van der Waals surface area contributed by atoms with Crippen LogP contribution in [0.3, 0.4) is 0 Å². The van der Waals surface area contributed by atoms with Crippen molar-refractivity contribution in [1.82, 2.24) is 14.7 Å². The molecule has 2 aromatic carbocycles.